The van der Waals surface area contributed by atoms with Gasteiger partial charge in [0.05, 0.1) is 5.56 Å². The fourth-order valence-electron chi connectivity index (χ4n) is 1.01. The van der Waals surface area contributed by atoms with Crippen LogP contribution in [0, 0.1) is 0 Å². The molecule has 7 heteroatoms. The highest BCUT2D eigenvalue weighted by atomic mass is 19.4. The first kappa shape index (κ1) is 12.0. The van der Waals surface area contributed by atoms with Crippen LogP contribution in [0.1, 0.15) is 11.1 Å². The van der Waals surface area contributed by atoms with Crippen molar-refractivity contribution < 1.29 is 23.1 Å². The third kappa shape index (κ3) is 2.72. The maximum absolute atomic E-state index is 12.5. The summed E-state index contributed by atoms with van der Waals surface area (Å²) < 4.78 is 37.4. The molecule has 0 unspecified atom stereocenters. The van der Waals surface area contributed by atoms with Gasteiger partial charge in [0.25, 0.3) is 0 Å². The second-order valence-electron chi connectivity index (χ2n) is 2.87. The maximum Gasteiger partial charge on any atom is 0.417 e. The van der Waals surface area contributed by atoms with Crippen LogP contribution in [0.2, 0.25) is 0 Å². The Hall–Kier alpha value is -2.05. The van der Waals surface area contributed by atoms with Crippen molar-refractivity contribution in [1.29, 1.82) is 0 Å². The van der Waals surface area contributed by atoms with E-state index in [0.29, 0.717) is 0 Å². The Labute approximate surface area is 88.2 Å². The van der Waals surface area contributed by atoms with Gasteiger partial charge < -0.3 is 10.8 Å². The zero-order valence-electron chi connectivity index (χ0n) is 7.82. The summed E-state index contributed by atoms with van der Waals surface area (Å²) >= 11 is 0. The summed E-state index contributed by atoms with van der Waals surface area (Å²) in [5.74, 6) is -1.49. The fourth-order valence-corrected chi connectivity index (χ4v) is 1.01. The third-order valence-electron chi connectivity index (χ3n) is 1.72. The number of alkyl halides is 3. The second-order valence-corrected chi connectivity index (χ2v) is 2.87. The van der Waals surface area contributed by atoms with Crippen molar-refractivity contribution in [3.05, 3.63) is 35.3 Å². The number of carbonyl (C=O) groups is 1. The average Bonchev–Trinajstić information content (AvgIpc) is 2.16. The van der Waals surface area contributed by atoms with Crippen LogP contribution in [0.15, 0.2) is 24.2 Å². The summed E-state index contributed by atoms with van der Waals surface area (Å²) in [5, 5.41) is 8.44. The minimum Gasteiger partial charge on any atom is -0.477 e. The van der Waals surface area contributed by atoms with Gasteiger partial charge in [0.1, 0.15) is 5.70 Å². The van der Waals surface area contributed by atoms with Crippen LogP contribution in [0.3, 0.4) is 0 Å². The van der Waals surface area contributed by atoms with E-state index in [-0.39, 0.29) is 5.56 Å². The molecule has 1 aromatic heterocycles. The van der Waals surface area contributed by atoms with Gasteiger partial charge >= 0.3 is 12.1 Å². The van der Waals surface area contributed by atoms with Gasteiger partial charge in [0.15, 0.2) is 0 Å². The number of hydrogen-bond acceptors (Lipinski definition) is 3. The number of rotatable bonds is 2. The number of halogens is 3. The molecular weight excluding hydrogens is 225 g/mol. The Balaban J connectivity index is 3.25. The van der Waals surface area contributed by atoms with Gasteiger partial charge in [-0.2, -0.15) is 13.2 Å². The van der Waals surface area contributed by atoms with E-state index in [0.717, 1.165) is 24.5 Å². The monoisotopic (exact) mass is 232 g/mol. The quantitative estimate of drug-likeness (QED) is 0.757. The number of aromatic nitrogens is 1. The van der Waals surface area contributed by atoms with Crippen molar-refractivity contribution in [2.45, 2.75) is 6.18 Å². The largest absolute Gasteiger partial charge is 0.477 e. The second kappa shape index (κ2) is 4.21. The van der Waals surface area contributed by atoms with E-state index in [1.165, 1.54) is 0 Å². The Morgan fingerprint density at radius 3 is 2.62 bits per heavy atom. The minimum atomic E-state index is -4.58. The molecule has 0 aromatic carbocycles. The maximum atomic E-state index is 12.5. The topological polar surface area (TPSA) is 76.2 Å². The number of carboxylic acid groups (broad SMARTS) is 1. The normalized spacial score (nSPS) is 12.6. The van der Waals surface area contributed by atoms with E-state index >= 15 is 0 Å². The molecule has 0 saturated carbocycles. The summed E-state index contributed by atoms with van der Waals surface area (Å²) in [6.45, 7) is 0. The highest BCUT2D eigenvalue weighted by Crippen LogP contribution is 2.32. The van der Waals surface area contributed by atoms with Crippen LogP contribution >= 0.6 is 0 Å². The molecular formula is C9H7F3N2O2. The zero-order chi connectivity index (χ0) is 12.3. The van der Waals surface area contributed by atoms with Crippen LogP contribution in [0.4, 0.5) is 13.2 Å². The number of pyridine rings is 1. The predicted molar refractivity (Wildman–Crippen MR) is 49.0 cm³/mol. The molecule has 0 amide bonds. The van der Waals surface area contributed by atoms with Crippen molar-refractivity contribution in [1.82, 2.24) is 4.98 Å². The molecule has 4 nitrogen and oxygen atoms in total. The lowest BCUT2D eigenvalue weighted by Crippen LogP contribution is -2.12. The Bertz CT molecular complexity index is 441. The molecule has 3 N–H and O–H groups in total. The van der Waals surface area contributed by atoms with E-state index in [2.05, 4.69) is 4.98 Å². The fraction of sp³-hybridized carbons (Fsp3) is 0.111. The number of carboxylic acids is 1. The summed E-state index contributed by atoms with van der Waals surface area (Å²) in [7, 11) is 0. The van der Waals surface area contributed by atoms with Crippen molar-refractivity contribution in [2.75, 3.05) is 0 Å². The van der Waals surface area contributed by atoms with Gasteiger partial charge in [0.2, 0.25) is 0 Å². The van der Waals surface area contributed by atoms with Crippen molar-refractivity contribution in [3.8, 4) is 0 Å². The smallest absolute Gasteiger partial charge is 0.417 e. The van der Waals surface area contributed by atoms with Gasteiger partial charge in [0, 0.05) is 18.0 Å². The van der Waals surface area contributed by atoms with E-state index in [4.69, 9.17) is 10.8 Å². The lowest BCUT2D eigenvalue weighted by Gasteiger charge is -2.09. The summed E-state index contributed by atoms with van der Waals surface area (Å²) in [5.41, 5.74) is 2.99. The molecule has 1 aromatic rings. The van der Waals surface area contributed by atoms with Crippen LogP contribution in [-0.4, -0.2) is 16.1 Å². The van der Waals surface area contributed by atoms with E-state index in [9.17, 15) is 18.0 Å². The molecule has 16 heavy (non-hydrogen) atoms. The van der Waals surface area contributed by atoms with Gasteiger partial charge in [-0.25, -0.2) is 4.79 Å². The molecule has 1 rings (SSSR count). The number of nitrogens with two attached hydrogens (primary N) is 1. The summed E-state index contributed by atoms with van der Waals surface area (Å²) in [4.78, 5) is 13.8. The molecule has 0 saturated heterocycles. The first-order chi connectivity index (χ1) is 7.32. The van der Waals surface area contributed by atoms with E-state index in [1.807, 2.05) is 0 Å². The minimum absolute atomic E-state index is 0.380. The Morgan fingerprint density at radius 2 is 2.12 bits per heavy atom. The number of nitrogens with zero attached hydrogens (tertiary/aromatic N) is 1. The first-order valence-electron chi connectivity index (χ1n) is 4.04. The van der Waals surface area contributed by atoms with Gasteiger partial charge in [-0.15, -0.1) is 0 Å². The van der Waals surface area contributed by atoms with Crippen LogP contribution in [0.5, 0.6) is 0 Å². The highest BCUT2D eigenvalue weighted by molar-refractivity contribution is 5.91. The van der Waals surface area contributed by atoms with Crippen LogP contribution in [-0.2, 0) is 11.0 Å². The Kier molecular flexibility index (Phi) is 3.17. The van der Waals surface area contributed by atoms with Crippen molar-refractivity contribution >= 4 is 12.0 Å². The number of aliphatic carboxylic acids is 1. The Morgan fingerprint density at radius 1 is 1.50 bits per heavy atom. The van der Waals surface area contributed by atoms with Gasteiger partial charge in [-0.05, 0) is 12.1 Å². The highest BCUT2D eigenvalue weighted by Gasteiger charge is 2.32. The van der Waals surface area contributed by atoms with Crippen LogP contribution < -0.4 is 5.73 Å². The molecule has 0 aliphatic carbocycles. The summed E-state index contributed by atoms with van der Waals surface area (Å²) in [6, 6.07) is 0.751. The molecule has 0 atom stereocenters. The lowest BCUT2D eigenvalue weighted by molar-refractivity contribution is -0.138. The van der Waals surface area contributed by atoms with Gasteiger partial charge in [-0.1, -0.05) is 0 Å². The average molecular weight is 232 g/mol. The van der Waals surface area contributed by atoms with Crippen molar-refractivity contribution in [3.63, 3.8) is 0 Å². The van der Waals surface area contributed by atoms with Gasteiger partial charge in [-0.3, -0.25) is 4.98 Å². The van der Waals surface area contributed by atoms with E-state index < -0.39 is 23.4 Å². The molecule has 86 valence electrons. The molecule has 0 aliphatic rings. The molecule has 1 heterocycles. The standard InChI is InChI=1S/C9H7F3N2O2/c10-9(11,12)6-1-2-14-4-5(6)3-7(13)8(15)16/h1-4H,13H2,(H,15,16)/b7-3+. The van der Waals surface area contributed by atoms with E-state index in [1.54, 1.807) is 0 Å². The molecule has 0 spiro atoms. The predicted octanol–water partition coefficient (Wildman–Crippen LogP) is 1.48. The summed E-state index contributed by atoms with van der Waals surface area (Å²) in [6.07, 6.45) is -1.98. The lowest BCUT2D eigenvalue weighted by atomic mass is 10.1. The third-order valence-corrected chi connectivity index (χ3v) is 1.72. The van der Waals surface area contributed by atoms with Crippen molar-refractivity contribution in [2.24, 2.45) is 5.73 Å². The zero-order valence-corrected chi connectivity index (χ0v) is 7.82. The molecule has 0 aliphatic heterocycles. The van der Waals surface area contributed by atoms with Crippen LogP contribution in [0.25, 0.3) is 6.08 Å². The molecule has 0 fully saturated rings. The first-order valence-corrected chi connectivity index (χ1v) is 4.04. The molecule has 0 radical (unpaired) electrons. The number of hydrogen-bond donors (Lipinski definition) is 2. The molecule has 0 bridgehead atoms. The SMILES string of the molecule is N/C(=C/c1cnccc1C(F)(F)F)C(=O)O.